The van der Waals surface area contributed by atoms with Gasteiger partial charge in [-0.2, -0.15) is 0 Å². The van der Waals surface area contributed by atoms with E-state index in [4.69, 9.17) is 0 Å². The first kappa shape index (κ1) is 11.9. The molecule has 4 nitrogen and oxygen atoms in total. The van der Waals surface area contributed by atoms with Crippen molar-refractivity contribution in [2.75, 3.05) is 19.6 Å². The first-order chi connectivity index (χ1) is 7.66. The Bertz CT molecular complexity index is 249. The molecule has 0 spiro atoms. The van der Waals surface area contributed by atoms with E-state index in [-0.39, 0.29) is 17.9 Å². The fraction of sp³-hybridized carbons (Fsp3) is 0.917. The molecule has 0 bridgehead atoms. The number of rotatable bonds is 1. The van der Waals surface area contributed by atoms with E-state index in [2.05, 4.69) is 12.2 Å². The molecule has 92 valence electrons. The van der Waals surface area contributed by atoms with Gasteiger partial charge in [0.1, 0.15) is 0 Å². The van der Waals surface area contributed by atoms with Gasteiger partial charge in [-0.1, -0.05) is 0 Å². The Balaban J connectivity index is 1.86. The fourth-order valence-electron chi connectivity index (χ4n) is 2.62. The maximum Gasteiger partial charge on any atom is 0.227 e. The summed E-state index contributed by atoms with van der Waals surface area (Å²) in [4.78, 5) is 14.0. The summed E-state index contributed by atoms with van der Waals surface area (Å²) in [6.45, 7) is 4.31. The smallest absolute Gasteiger partial charge is 0.227 e. The molecule has 2 saturated heterocycles. The molecule has 2 fully saturated rings. The molecule has 0 aromatic heterocycles. The number of hydrogen-bond donors (Lipinski definition) is 2. The lowest BCUT2D eigenvalue weighted by Crippen LogP contribution is -2.49. The number of carbonyl (C=O) groups excluding carboxylic acids is 1. The van der Waals surface area contributed by atoms with Gasteiger partial charge in [-0.3, -0.25) is 4.79 Å². The molecular formula is C12H22N2O2. The highest BCUT2D eigenvalue weighted by atomic mass is 16.3. The van der Waals surface area contributed by atoms with Gasteiger partial charge >= 0.3 is 0 Å². The topological polar surface area (TPSA) is 52.6 Å². The number of aliphatic hydroxyl groups is 1. The predicted octanol–water partition coefficient (Wildman–Crippen LogP) is 0.358. The Kier molecular flexibility index (Phi) is 3.82. The molecule has 2 heterocycles. The number of piperidine rings is 2. The second kappa shape index (κ2) is 5.15. The lowest BCUT2D eigenvalue weighted by Gasteiger charge is -2.35. The fourth-order valence-corrected chi connectivity index (χ4v) is 2.62. The predicted molar refractivity (Wildman–Crippen MR) is 62.0 cm³/mol. The van der Waals surface area contributed by atoms with Crippen LogP contribution in [0.5, 0.6) is 0 Å². The van der Waals surface area contributed by atoms with Crippen molar-refractivity contribution in [3.8, 4) is 0 Å². The van der Waals surface area contributed by atoms with Crippen molar-refractivity contribution < 1.29 is 9.90 Å². The third-order valence-corrected chi connectivity index (χ3v) is 3.72. The lowest BCUT2D eigenvalue weighted by atomic mass is 9.93. The molecule has 0 saturated carbocycles. The molecule has 2 aliphatic rings. The number of likely N-dealkylation sites (tertiary alicyclic amines) is 1. The molecule has 2 aliphatic heterocycles. The Morgan fingerprint density at radius 2 is 2.19 bits per heavy atom. The quantitative estimate of drug-likeness (QED) is 0.678. The van der Waals surface area contributed by atoms with E-state index in [1.807, 2.05) is 4.90 Å². The summed E-state index contributed by atoms with van der Waals surface area (Å²) in [5.74, 6) is 0.361. The first-order valence-corrected chi connectivity index (χ1v) is 6.37. The summed E-state index contributed by atoms with van der Waals surface area (Å²) in [5.41, 5.74) is 0. The van der Waals surface area contributed by atoms with Gasteiger partial charge in [0, 0.05) is 25.7 Å². The first-order valence-electron chi connectivity index (χ1n) is 6.37. The van der Waals surface area contributed by atoms with Gasteiger partial charge in [-0.05, 0) is 32.6 Å². The van der Waals surface area contributed by atoms with Crippen molar-refractivity contribution in [1.29, 1.82) is 0 Å². The van der Waals surface area contributed by atoms with Crippen LogP contribution in [-0.2, 0) is 4.79 Å². The van der Waals surface area contributed by atoms with E-state index < -0.39 is 0 Å². The molecule has 3 unspecified atom stereocenters. The largest absolute Gasteiger partial charge is 0.391 e. The molecular weight excluding hydrogens is 204 g/mol. The van der Waals surface area contributed by atoms with E-state index in [1.54, 1.807) is 0 Å². The van der Waals surface area contributed by atoms with Gasteiger partial charge < -0.3 is 15.3 Å². The Morgan fingerprint density at radius 3 is 2.81 bits per heavy atom. The Morgan fingerprint density at radius 1 is 1.38 bits per heavy atom. The van der Waals surface area contributed by atoms with Crippen LogP contribution in [0.3, 0.4) is 0 Å². The molecule has 16 heavy (non-hydrogen) atoms. The second-order valence-corrected chi connectivity index (χ2v) is 5.16. The Hall–Kier alpha value is -0.610. The minimum Gasteiger partial charge on any atom is -0.391 e. The average molecular weight is 226 g/mol. The minimum absolute atomic E-state index is 0.126. The minimum atomic E-state index is -0.312. The third kappa shape index (κ3) is 2.74. The van der Waals surface area contributed by atoms with Crippen LogP contribution in [0, 0.1) is 5.92 Å². The highest BCUT2D eigenvalue weighted by molar-refractivity contribution is 5.79. The van der Waals surface area contributed by atoms with E-state index in [9.17, 15) is 9.90 Å². The molecule has 2 rings (SSSR count). The molecule has 0 aromatic carbocycles. The number of nitrogens with zero attached hydrogens (tertiary/aromatic N) is 1. The zero-order valence-corrected chi connectivity index (χ0v) is 9.98. The molecule has 4 heteroatoms. The van der Waals surface area contributed by atoms with Crippen LogP contribution in [0.25, 0.3) is 0 Å². The number of β-amino-alcohol motifs (C(OH)–C–C–N with tert-alkyl or cyclic N) is 1. The van der Waals surface area contributed by atoms with Crippen LogP contribution in [0.2, 0.25) is 0 Å². The normalized spacial score (nSPS) is 36.1. The van der Waals surface area contributed by atoms with Crippen LogP contribution in [0.4, 0.5) is 0 Å². The van der Waals surface area contributed by atoms with E-state index in [1.165, 1.54) is 0 Å². The summed E-state index contributed by atoms with van der Waals surface area (Å²) < 4.78 is 0. The maximum absolute atomic E-state index is 12.2. The van der Waals surface area contributed by atoms with Crippen LogP contribution in [-0.4, -0.2) is 47.7 Å². The summed E-state index contributed by atoms with van der Waals surface area (Å²) >= 11 is 0. The maximum atomic E-state index is 12.2. The molecule has 0 aromatic rings. The van der Waals surface area contributed by atoms with Crippen molar-refractivity contribution >= 4 is 5.91 Å². The van der Waals surface area contributed by atoms with Gasteiger partial charge in [0.25, 0.3) is 0 Å². The average Bonchev–Trinajstić information content (AvgIpc) is 2.29. The summed E-state index contributed by atoms with van der Waals surface area (Å²) in [7, 11) is 0. The van der Waals surface area contributed by atoms with Gasteiger partial charge in [0.05, 0.1) is 12.0 Å². The van der Waals surface area contributed by atoms with Gasteiger partial charge in [0.15, 0.2) is 0 Å². The summed E-state index contributed by atoms with van der Waals surface area (Å²) in [5, 5.41) is 12.9. The van der Waals surface area contributed by atoms with E-state index in [0.717, 1.165) is 38.8 Å². The van der Waals surface area contributed by atoms with Gasteiger partial charge in [-0.25, -0.2) is 0 Å². The van der Waals surface area contributed by atoms with E-state index in [0.29, 0.717) is 12.6 Å². The number of nitrogens with one attached hydrogen (secondary N) is 1. The third-order valence-electron chi connectivity index (χ3n) is 3.72. The highest BCUT2D eigenvalue weighted by Crippen LogP contribution is 2.19. The number of aliphatic hydroxyl groups excluding tert-OH is 1. The Labute approximate surface area is 97.0 Å². The molecule has 3 atom stereocenters. The van der Waals surface area contributed by atoms with Gasteiger partial charge in [-0.15, -0.1) is 0 Å². The molecule has 2 N–H and O–H groups in total. The summed E-state index contributed by atoms with van der Waals surface area (Å²) in [6.07, 6.45) is 3.52. The van der Waals surface area contributed by atoms with Crippen molar-refractivity contribution in [3.05, 3.63) is 0 Å². The van der Waals surface area contributed by atoms with Crippen molar-refractivity contribution in [1.82, 2.24) is 10.2 Å². The monoisotopic (exact) mass is 226 g/mol. The number of carbonyl (C=O) groups is 1. The zero-order valence-electron chi connectivity index (χ0n) is 9.98. The standard InChI is InChI=1S/C12H22N2O2/c1-9-4-5-10(7-13-9)12(16)14-6-2-3-11(15)8-14/h9-11,13,15H,2-8H2,1H3. The molecule has 0 radical (unpaired) electrons. The van der Waals surface area contributed by atoms with Crippen molar-refractivity contribution in [2.45, 2.75) is 44.8 Å². The SMILES string of the molecule is CC1CCC(C(=O)N2CCCC(O)C2)CN1. The van der Waals surface area contributed by atoms with Crippen LogP contribution < -0.4 is 5.32 Å². The zero-order chi connectivity index (χ0) is 11.5. The molecule has 1 amide bonds. The van der Waals surface area contributed by atoms with Gasteiger partial charge in [0.2, 0.25) is 5.91 Å². The lowest BCUT2D eigenvalue weighted by molar-refractivity contribution is -0.139. The summed E-state index contributed by atoms with van der Waals surface area (Å²) in [6, 6.07) is 0.538. The number of amides is 1. The molecule has 0 aliphatic carbocycles. The van der Waals surface area contributed by atoms with E-state index >= 15 is 0 Å². The van der Waals surface area contributed by atoms with Crippen LogP contribution in [0.15, 0.2) is 0 Å². The number of hydrogen-bond acceptors (Lipinski definition) is 3. The highest BCUT2D eigenvalue weighted by Gasteiger charge is 2.30. The van der Waals surface area contributed by atoms with Crippen LogP contribution in [0.1, 0.15) is 32.6 Å². The van der Waals surface area contributed by atoms with Crippen LogP contribution >= 0.6 is 0 Å². The second-order valence-electron chi connectivity index (χ2n) is 5.16. The van der Waals surface area contributed by atoms with Crippen molar-refractivity contribution in [3.63, 3.8) is 0 Å². The van der Waals surface area contributed by atoms with Crippen molar-refractivity contribution in [2.24, 2.45) is 5.92 Å².